The van der Waals surface area contributed by atoms with E-state index in [-0.39, 0.29) is 150 Å². The summed E-state index contributed by atoms with van der Waals surface area (Å²) in [5.41, 5.74) is 20.7. The number of carbonyl (C=O) groups excluding carboxylic acids is 3. The van der Waals surface area contributed by atoms with Crippen molar-refractivity contribution in [1.29, 1.82) is 15.8 Å². The number of fused-ring (bicyclic) bond motifs is 3. The van der Waals surface area contributed by atoms with Crippen LogP contribution in [0.3, 0.4) is 0 Å². The van der Waals surface area contributed by atoms with E-state index in [1.165, 1.54) is 50.1 Å². The van der Waals surface area contributed by atoms with Crippen LogP contribution in [-0.4, -0.2) is 155 Å². The Morgan fingerprint density at radius 3 is 0.800 bits per heavy atom. The number of amides is 3. The minimum atomic E-state index is -1.01. The average Bonchev–Trinajstić information content (AvgIpc) is 0.728. The number of pyridine rings is 9. The van der Waals surface area contributed by atoms with Gasteiger partial charge in [-0.05, 0) is 110 Å². The highest BCUT2D eigenvalue weighted by Crippen LogP contribution is 2.52. The smallest absolute Gasteiger partial charge is 0.276 e. The first-order valence-corrected chi connectivity index (χ1v) is 45.8. The molecule has 3 aromatic carbocycles. The third-order valence-corrected chi connectivity index (χ3v) is 27.4. The highest BCUT2D eigenvalue weighted by atomic mass is 35.5. The van der Waals surface area contributed by atoms with Crippen LogP contribution in [0.2, 0.25) is 60.3 Å². The van der Waals surface area contributed by atoms with E-state index in [9.17, 15) is 44.6 Å². The molecule has 12 heterocycles. The van der Waals surface area contributed by atoms with Gasteiger partial charge in [0.25, 0.3) is 16.7 Å². The maximum atomic E-state index is 15.1. The first-order valence-electron chi connectivity index (χ1n) is 41.3. The number of aromatic nitrogens is 9. The van der Waals surface area contributed by atoms with Crippen molar-refractivity contribution in [3.8, 4) is 69.0 Å². The van der Waals surface area contributed by atoms with Crippen LogP contribution in [0.1, 0.15) is 110 Å². The molecule has 0 saturated carbocycles. The Balaban J connectivity index is 0.000000171. The number of halogens is 15. The monoisotopic (exact) mass is 2060 g/mol. The van der Waals surface area contributed by atoms with E-state index in [2.05, 4.69) is 52.9 Å². The Morgan fingerprint density at radius 1 is 0.378 bits per heavy atom. The van der Waals surface area contributed by atoms with Gasteiger partial charge in [0.15, 0.2) is 17.5 Å². The molecule has 3 saturated heterocycles. The summed E-state index contributed by atoms with van der Waals surface area (Å²) >= 11 is 77.3. The zero-order valence-corrected chi connectivity index (χ0v) is 82.2. The number of hydrogen-bond donors (Lipinski definition) is 3. The van der Waals surface area contributed by atoms with Crippen molar-refractivity contribution in [3.05, 3.63) is 252 Å². The second-order valence-corrected chi connectivity index (χ2v) is 36.9. The molecule has 0 bridgehead atoms. The number of nitrogens with zero attached hydrogens (tertiary/aromatic N) is 18. The number of benzene rings is 3. The van der Waals surface area contributed by atoms with E-state index in [4.69, 9.17) is 171 Å². The summed E-state index contributed by atoms with van der Waals surface area (Å²) < 4.78 is 49.2. The van der Waals surface area contributed by atoms with Gasteiger partial charge in [-0.3, -0.25) is 57.4 Å². The minimum absolute atomic E-state index is 0.00442. The van der Waals surface area contributed by atoms with Gasteiger partial charge in [-0.25, -0.2) is 28.1 Å². The van der Waals surface area contributed by atoms with Gasteiger partial charge in [0, 0.05) is 130 Å². The van der Waals surface area contributed by atoms with Gasteiger partial charge in [-0.15, -0.1) is 0 Å². The highest BCUT2D eigenvalue weighted by Gasteiger charge is 2.38. The molecule has 15 rings (SSSR count). The number of anilines is 6. The van der Waals surface area contributed by atoms with Crippen LogP contribution in [0.25, 0.3) is 83.9 Å². The van der Waals surface area contributed by atoms with Crippen LogP contribution in [0.15, 0.2) is 107 Å². The van der Waals surface area contributed by atoms with Crippen LogP contribution >= 0.6 is 139 Å². The average molecular weight is 2070 g/mol. The molecule has 6 N–H and O–H groups in total. The fourth-order valence-electron chi connectivity index (χ4n) is 16.5. The Hall–Kier alpha value is -11.6. The van der Waals surface area contributed by atoms with Gasteiger partial charge >= 0.3 is 0 Å². The molecular formula is C93H78Cl12F3N21O6. The molecule has 696 valence electrons. The van der Waals surface area contributed by atoms with Crippen molar-refractivity contribution in [3.63, 3.8) is 0 Å². The lowest BCUT2D eigenvalue weighted by atomic mass is 10.0. The number of nitriles is 3. The van der Waals surface area contributed by atoms with Crippen molar-refractivity contribution < 1.29 is 27.6 Å². The Bertz CT molecular complexity index is 6640. The first kappa shape index (κ1) is 101. The van der Waals surface area contributed by atoms with Crippen LogP contribution in [-0.2, 0) is 14.4 Å². The number of hydrogen-bond acceptors (Lipinski definition) is 21. The van der Waals surface area contributed by atoms with Crippen molar-refractivity contribution in [2.24, 2.45) is 0 Å². The molecule has 0 spiro atoms. The lowest BCUT2D eigenvalue weighted by Crippen LogP contribution is -2.49. The number of aryl methyl sites for hydroxylation is 3. The molecule has 3 amide bonds. The van der Waals surface area contributed by atoms with Crippen LogP contribution in [0.5, 0.6) is 0 Å². The second-order valence-electron chi connectivity index (χ2n) is 32.2. The number of rotatable bonds is 15. The van der Waals surface area contributed by atoms with Crippen molar-refractivity contribution in [2.75, 3.05) is 110 Å². The molecule has 0 radical (unpaired) electrons. The normalized spacial score (nSPS) is 13.4. The van der Waals surface area contributed by atoms with Gasteiger partial charge in [0.05, 0.1) is 131 Å². The van der Waals surface area contributed by atoms with Gasteiger partial charge in [-0.1, -0.05) is 200 Å². The molecular weight excluding hydrogens is 1990 g/mol. The molecule has 9 aromatic heterocycles. The number of nitrogen functional groups attached to an aromatic ring is 3. The van der Waals surface area contributed by atoms with E-state index >= 15 is 13.2 Å². The highest BCUT2D eigenvalue weighted by molar-refractivity contribution is 6.48. The number of carbonyl (C=O) groups is 3. The summed E-state index contributed by atoms with van der Waals surface area (Å²) in [5.74, 6) is -4.06. The molecule has 42 heteroatoms. The fourth-order valence-corrected chi connectivity index (χ4v) is 19.9. The van der Waals surface area contributed by atoms with Gasteiger partial charge in [-0.2, -0.15) is 15.8 Å². The molecule has 27 nitrogen and oxygen atoms in total. The number of piperazine rings is 3. The number of nitrogens with two attached hydrogens (primary N) is 3. The predicted octanol–water partition coefficient (Wildman–Crippen LogP) is 20.8. The largest absolute Gasteiger partial charge is 0.396 e. The molecule has 3 aliphatic heterocycles. The lowest BCUT2D eigenvalue weighted by molar-refractivity contribution is -0.127. The molecule has 0 unspecified atom stereocenters. The first-order chi connectivity index (χ1) is 64.0. The third kappa shape index (κ3) is 18.2. The van der Waals surface area contributed by atoms with Crippen LogP contribution in [0, 0.1) is 72.2 Å². The zero-order chi connectivity index (χ0) is 98.7. The molecule has 135 heavy (non-hydrogen) atoms. The zero-order valence-electron chi connectivity index (χ0n) is 73.2. The summed E-state index contributed by atoms with van der Waals surface area (Å²) in [4.78, 5) is 118. The Kier molecular flexibility index (Phi) is 30.4. The van der Waals surface area contributed by atoms with Crippen molar-refractivity contribution >= 4 is 224 Å². The Morgan fingerprint density at radius 2 is 0.600 bits per heavy atom. The third-order valence-electron chi connectivity index (χ3n) is 23.2. The maximum absolute atomic E-state index is 15.1. The van der Waals surface area contributed by atoms with Gasteiger partial charge in [0.1, 0.15) is 66.9 Å². The van der Waals surface area contributed by atoms with Crippen molar-refractivity contribution in [2.45, 2.75) is 80.1 Å². The van der Waals surface area contributed by atoms with Gasteiger partial charge in [0.2, 0.25) is 17.7 Å². The van der Waals surface area contributed by atoms with E-state index in [1.54, 1.807) is 51.5 Å². The molecule has 0 aliphatic carbocycles. The fraction of sp³-hybridized carbons (Fsp3) is 0.258. The molecule has 0 atom stereocenters. The van der Waals surface area contributed by atoms with E-state index < -0.39 is 64.3 Å². The second kappa shape index (κ2) is 40.7. The van der Waals surface area contributed by atoms with Crippen LogP contribution < -0.4 is 48.6 Å². The van der Waals surface area contributed by atoms with E-state index in [0.717, 1.165) is 0 Å². The summed E-state index contributed by atoms with van der Waals surface area (Å²) in [5, 5.41) is 29.0. The minimum Gasteiger partial charge on any atom is -0.396 e. The standard InChI is InChI=1S/3C31H26Cl4FN7O2/c3*1-5-19(44)41-8-10-42(11-9-41)29-16-12-18(32)27(20-21(33)24(36)23(35)25(38)22(20)34)40-30(16)43(31(45)17(29)13-37)28-15(4)6-7-39-26(28)14(2)3/h3*5-7,12,14H,1,8-11,38H2,2-4H3. The summed E-state index contributed by atoms with van der Waals surface area (Å²) in [7, 11) is 0. The van der Waals surface area contributed by atoms with Crippen molar-refractivity contribution in [1.82, 2.24) is 58.3 Å². The van der Waals surface area contributed by atoms with Crippen LogP contribution in [0.4, 0.5) is 47.3 Å². The Labute approximate surface area is 830 Å². The summed E-state index contributed by atoms with van der Waals surface area (Å²) in [6, 6.07) is 16.1. The summed E-state index contributed by atoms with van der Waals surface area (Å²) in [6.45, 7) is 31.5. The molecule has 12 aromatic rings. The van der Waals surface area contributed by atoms with Gasteiger partial charge < -0.3 is 46.6 Å². The predicted molar refractivity (Wildman–Crippen MR) is 533 cm³/mol. The lowest BCUT2D eigenvalue weighted by Gasteiger charge is -2.36. The van der Waals surface area contributed by atoms with E-state index in [1.807, 2.05) is 77.0 Å². The quantitative estimate of drug-likeness (QED) is 0.0371. The molecule has 3 aliphatic rings. The van der Waals surface area contributed by atoms with E-state index in [0.29, 0.717) is 163 Å². The maximum Gasteiger partial charge on any atom is 0.276 e. The molecule has 3 fully saturated rings. The SMILES string of the molecule is C=CC(=O)N1CCN(c2c(C#N)c(=O)n(-c3c(C)ccnc3C(C)C)c3nc(-c4c(Cl)c(N)c(Cl)c(F)c4Cl)c(Cl)cc23)CC1.C=CC(=O)N1CCN(c2c(C#N)c(=O)n(-c3c(C)ccnc3C(C)C)c3nc(-c4c(Cl)c(N)c(Cl)c(F)c4Cl)c(Cl)cc23)CC1.C=CC(=O)N1CCN(c2c(C#N)c(=O)n(-c3c(C)ccnc3C(C)C)c3nc(-c4c(Cl)c(N)c(Cl)c(F)c4Cl)c(Cl)cc23)CC1. The summed E-state index contributed by atoms with van der Waals surface area (Å²) in [6.07, 6.45) is 8.63. The topological polar surface area (TPSA) is 363 Å².